The lowest BCUT2D eigenvalue weighted by molar-refractivity contribution is 0.493. The van der Waals surface area contributed by atoms with Crippen LogP contribution in [0.25, 0.3) is 0 Å². The standard InChI is InChI=1S/C14H25N5/c1-3-15-14(19-9-4-5-10-19)16-8-6-7-13-11-17-18(2)12-13/h11-12H,3-10H2,1-2H3,(H,15,16). The van der Waals surface area contributed by atoms with Crippen LogP contribution in [0.2, 0.25) is 0 Å². The molecule has 1 fully saturated rings. The van der Waals surface area contributed by atoms with Crippen molar-refractivity contribution in [2.24, 2.45) is 12.0 Å². The molecule has 0 bridgehead atoms. The largest absolute Gasteiger partial charge is 0.357 e. The Hall–Kier alpha value is -1.52. The van der Waals surface area contributed by atoms with E-state index in [-0.39, 0.29) is 0 Å². The van der Waals surface area contributed by atoms with E-state index < -0.39 is 0 Å². The summed E-state index contributed by atoms with van der Waals surface area (Å²) in [6, 6.07) is 0. The van der Waals surface area contributed by atoms with Gasteiger partial charge in [0.2, 0.25) is 0 Å². The molecule has 0 radical (unpaired) electrons. The fourth-order valence-electron chi connectivity index (χ4n) is 2.42. The number of rotatable bonds is 5. The molecular formula is C14H25N5. The Morgan fingerprint density at radius 3 is 2.84 bits per heavy atom. The molecule has 19 heavy (non-hydrogen) atoms. The van der Waals surface area contributed by atoms with E-state index in [1.807, 2.05) is 17.9 Å². The van der Waals surface area contributed by atoms with Crippen LogP contribution < -0.4 is 5.32 Å². The molecule has 2 rings (SSSR count). The van der Waals surface area contributed by atoms with Crippen LogP contribution in [0, 0.1) is 0 Å². The highest BCUT2D eigenvalue weighted by Crippen LogP contribution is 2.08. The van der Waals surface area contributed by atoms with Crippen LogP contribution in [0.3, 0.4) is 0 Å². The summed E-state index contributed by atoms with van der Waals surface area (Å²) >= 11 is 0. The summed E-state index contributed by atoms with van der Waals surface area (Å²) in [5.41, 5.74) is 1.30. The zero-order valence-corrected chi connectivity index (χ0v) is 12.1. The van der Waals surface area contributed by atoms with Gasteiger partial charge in [-0.25, -0.2) is 0 Å². The number of guanidine groups is 1. The van der Waals surface area contributed by atoms with E-state index in [9.17, 15) is 0 Å². The minimum atomic E-state index is 0.883. The molecular weight excluding hydrogens is 238 g/mol. The van der Waals surface area contributed by atoms with Gasteiger partial charge in [-0.3, -0.25) is 9.67 Å². The molecule has 0 aromatic carbocycles. The molecule has 5 heteroatoms. The smallest absolute Gasteiger partial charge is 0.193 e. The molecule has 5 nitrogen and oxygen atoms in total. The molecule has 0 saturated carbocycles. The third-order valence-corrected chi connectivity index (χ3v) is 3.38. The second-order valence-electron chi connectivity index (χ2n) is 5.06. The van der Waals surface area contributed by atoms with Gasteiger partial charge >= 0.3 is 0 Å². The first kappa shape index (κ1) is 13.9. The Bertz CT molecular complexity index is 404. The van der Waals surface area contributed by atoms with Crippen molar-refractivity contribution in [2.45, 2.75) is 32.6 Å². The van der Waals surface area contributed by atoms with E-state index in [0.717, 1.165) is 45.0 Å². The van der Waals surface area contributed by atoms with Crippen LogP contribution in [0.5, 0.6) is 0 Å². The van der Waals surface area contributed by atoms with Crippen LogP contribution in [-0.4, -0.2) is 46.8 Å². The molecule has 2 heterocycles. The van der Waals surface area contributed by atoms with Crippen molar-refractivity contribution >= 4 is 5.96 Å². The third-order valence-electron chi connectivity index (χ3n) is 3.38. The highest BCUT2D eigenvalue weighted by molar-refractivity contribution is 5.80. The summed E-state index contributed by atoms with van der Waals surface area (Å²) in [4.78, 5) is 7.09. The van der Waals surface area contributed by atoms with Crippen molar-refractivity contribution in [2.75, 3.05) is 26.2 Å². The Morgan fingerprint density at radius 2 is 2.21 bits per heavy atom. The van der Waals surface area contributed by atoms with Gasteiger partial charge in [0.15, 0.2) is 5.96 Å². The summed E-state index contributed by atoms with van der Waals surface area (Å²) in [6.45, 7) is 6.25. The molecule has 0 aliphatic carbocycles. The van der Waals surface area contributed by atoms with Crippen LogP contribution in [0.1, 0.15) is 31.7 Å². The maximum atomic E-state index is 4.72. The number of aryl methyl sites for hydroxylation is 2. The van der Waals surface area contributed by atoms with E-state index in [1.54, 1.807) is 0 Å². The molecule has 1 aliphatic heterocycles. The maximum absolute atomic E-state index is 4.72. The zero-order valence-electron chi connectivity index (χ0n) is 12.1. The quantitative estimate of drug-likeness (QED) is 0.496. The summed E-state index contributed by atoms with van der Waals surface area (Å²) in [6.07, 6.45) is 8.73. The van der Waals surface area contributed by atoms with E-state index in [1.165, 1.54) is 18.4 Å². The van der Waals surface area contributed by atoms with Gasteiger partial charge in [-0.15, -0.1) is 0 Å². The van der Waals surface area contributed by atoms with E-state index in [4.69, 9.17) is 4.99 Å². The number of aliphatic imine (C=N–C) groups is 1. The number of aromatic nitrogens is 2. The van der Waals surface area contributed by atoms with Gasteiger partial charge < -0.3 is 10.2 Å². The van der Waals surface area contributed by atoms with Crippen molar-refractivity contribution in [3.63, 3.8) is 0 Å². The Balaban J connectivity index is 1.77. The van der Waals surface area contributed by atoms with Crippen LogP contribution in [-0.2, 0) is 13.5 Å². The maximum Gasteiger partial charge on any atom is 0.193 e. The molecule has 1 N–H and O–H groups in total. The summed E-state index contributed by atoms with van der Waals surface area (Å²) in [5.74, 6) is 1.09. The monoisotopic (exact) mass is 263 g/mol. The van der Waals surface area contributed by atoms with Gasteiger partial charge in [0.1, 0.15) is 0 Å². The lowest BCUT2D eigenvalue weighted by atomic mass is 10.2. The second kappa shape index (κ2) is 7.16. The van der Waals surface area contributed by atoms with Gasteiger partial charge in [0, 0.05) is 39.4 Å². The first-order chi connectivity index (χ1) is 9.29. The van der Waals surface area contributed by atoms with Crippen molar-refractivity contribution < 1.29 is 0 Å². The van der Waals surface area contributed by atoms with E-state index in [0.29, 0.717) is 0 Å². The highest BCUT2D eigenvalue weighted by Gasteiger charge is 2.14. The molecule has 106 valence electrons. The summed E-state index contributed by atoms with van der Waals surface area (Å²) in [7, 11) is 1.96. The predicted octanol–water partition coefficient (Wildman–Crippen LogP) is 1.41. The zero-order chi connectivity index (χ0) is 13.5. The van der Waals surface area contributed by atoms with Crippen molar-refractivity contribution in [3.8, 4) is 0 Å². The fourth-order valence-corrected chi connectivity index (χ4v) is 2.42. The molecule has 1 aromatic rings. The number of hydrogen-bond donors (Lipinski definition) is 1. The lowest BCUT2D eigenvalue weighted by Gasteiger charge is -2.20. The summed E-state index contributed by atoms with van der Waals surface area (Å²) in [5, 5.41) is 7.57. The Kier molecular flexibility index (Phi) is 5.24. The molecule has 1 aromatic heterocycles. The SMILES string of the molecule is CCNC(=NCCCc1cnn(C)c1)N1CCCC1. The topological polar surface area (TPSA) is 45.5 Å². The lowest BCUT2D eigenvalue weighted by Crippen LogP contribution is -2.39. The molecule has 1 aliphatic rings. The molecule has 0 atom stereocenters. The number of nitrogens with zero attached hydrogens (tertiary/aromatic N) is 4. The first-order valence-electron chi connectivity index (χ1n) is 7.30. The molecule has 1 saturated heterocycles. The van der Waals surface area contributed by atoms with Crippen molar-refractivity contribution in [1.29, 1.82) is 0 Å². The Morgan fingerprint density at radius 1 is 1.42 bits per heavy atom. The highest BCUT2D eigenvalue weighted by atomic mass is 15.3. The van der Waals surface area contributed by atoms with Crippen molar-refractivity contribution in [1.82, 2.24) is 20.0 Å². The van der Waals surface area contributed by atoms with Gasteiger partial charge in [-0.05, 0) is 38.2 Å². The fraction of sp³-hybridized carbons (Fsp3) is 0.714. The average molecular weight is 263 g/mol. The van der Waals surface area contributed by atoms with Crippen LogP contribution >= 0.6 is 0 Å². The molecule has 0 spiro atoms. The third kappa shape index (κ3) is 4.26. The molecule has 0 unspecified atom stereocenters. The average Bonchev–Trinajstić information content (AvgIpc) is 3.04. The van der Waals surface area contributed by atoms with Crippen molar-refractivity contribution in [3.05, 3.63) is 18.0 Å². The van der Waals surface area contributed by atoms with Gasteiger partial charge in [-0.2, -0.15) is 5.10 Å². The summed E-state index contributed by atoms with van der Waals surface area (Å²) < 4.78 is 1.85. The number of nitrogens with one attached hydrogen (secondary N) is 1. The minimum Gasteiger partial charge on any atom is -0.357 e. The predicted molar refractivity (Wildman–Crippen MR) is 78.3 cm³/mol. The Labute approximate surface area is 115 Å². The van der Waals surface area contributed by atoms with E-state index >= 15 is 0 Å². The number of hydrogen-bond acceptors (Lipinski definition) is 2. The van der Waals surface area contributed by atoms with Gasteiger partial charge in [0.05, 0.1) is 6.20 Å². The first-order valence-corrected chi connectivity index (χ1v) is 7.30. The van der Waals surface area contributed by atoms with Gasteiger partial charge in [0.25, 0.3) is 0 Å². The molecule has 0 amide bonds. The number of likely N-dealkylation sites (tertiary alicyclic amines) is 1. The van der Waals surface area contributed by atoms with Crippen LogP contribution in [0.15, 0.2) is 17.4 Å². The van der Waals surface area contributed by atoms with Crippen LogP contribution in [0.4, 0.5) is 0 Å². The minimum absolute atomic E-state index is 0.883. The van der Waals surface area contributed by atoms with E-state index in [2.05, 4.69) is 28.4 Å². The second-order valence-corrected chi connectivity index (χ2v) is 5.06. The normalized spacial score (nSPS) is 16.1. The van der Waals surface area contributed by atoms with Gasteiger partial charge in [-0.1, -0.05) is 0 Å².